The molecule has 0 bridgehead atoms. The Labute approximate surface area is 234 Å². The molecule has 40 heavy (non-hydrogen) atoms. The molecule has 0 aliphatic carbocycles. The predicted molar refractivity (Wildman–Crippen MR) is 151 cm³/mol. The molecule has 2 aromatic carbocycles. The number of ether oxygens (including phenoxy) is 2. The van der Waals surface area contributed by atoms with Crippen LogP contribution in [0.25, 0.3) is 11.0 Å². The maximum atomic E-state index is 13.5. The fourth-order valence-electron chi connectivity index (χ4n) is 5.67. The van der Waals surface area contributed by atoms with Crippen molar-refractivity contribution in [1.82, 2.24) is 24.9 Å². The van der Waals surface area contributed by atoms with Gasteiger partial charge in [0, 0.05) is 31.7 Å². The molecule has 1 atom stereocenters. The summed E-state index contributed by atoms with van der Waals surface area (Å²) < 4.78 is 12.8. The van der Waals surface area contributed by atoms with E-state index in [9.17, 15) is 9.59 Å². The van der Waals surface area contributed by atoms with Crippen molar-refractivity contribution in [3.63, 3.8) is 0 Å². The Morgan fingerprint density at radius 2 is 1.95 bits per heavy atom. The van der Waals surface area contributed by atoms with E-state index in [0.717, 1.165) is 45.6 Å². The van der Waals surface area contributed by atoms with E-state index in [4.69, 9.17) is 9.47 Å². The Kier molecular flexibility index (Phi) is 7.82. The molecule has 0 saturated heterocycles. The quantitative estimate of drug-likeness (QED) is 0.302. The van der Waals surface area contributed by atoms with Gasteiger partial charge in [0.1, 0.15) is 16.8 Å². The van der Waals surface area contributed by atoms with Crippen LogP contribution in [0.3, 0.4) is 0 Å². The molecule has 3 heterocycles. The average Bonchev–Trinajstić information content (AvgIpc) is 3.35. The molecule has 1 aliphatic rings. The van der Waals surface area contributed by atoms with Crippen molar-refractivity contribution in [2.45, 2.75) is 52.5 Å². The molecular formula is C31H35N5O4. The molecule has 0 fully saturated rings. The lowest BCUT2D eigenvalue weighted by molar-refractivity contribution is -0.143. The monoisotopic (exact) mass is 541 g/mol. The van der Waals surface area contributed by atoms with Crippen LogP contribution in [0.2, 0.25) is 0 Å². The number of carbonyl (C=O) groups is 2. The lowest BCUT2D eigenvalue weighted by atomic mass is 9.82. The molecule has 4 aromatic rings. The van der Waals surface area contributed by atoms with E-state index < -0.39 is 0 Å². The lowest BCUT2D eigenvalue weighted by Gasteiger charge is -2.32. The number of hydrogen-bond acceptors (Lipinski definition) is 7. The van der Waals surface area contributed by atoms with Gasteiger partial charge in [0.15, 0.2) is 0 Å². The van der Waals surface area contributed by atoms with E-state index in [1.54, 1.807) is 11.8 Å². The first-order valence-corrected chi connectivity index (χ1v) is 13.7. The number of rotatable bonds is 8. The Hall–Kier alpha value is -4.27. The molecule has 5 rings (SSSR count). The fourth-order valence-corrected chi connectivity index (χ4v) is 5.67. The van der Waals surface area contributed by atoms with E-state index in [2.05, 4.69) is 34.4 Å². The molecule has 208 valence electrons. The molecule has 0 saturated carbocycles. The molecule has 9 nitrogen and oxygen atoms in total. The molecule has 0 spiro atoms. The highest BCUT2D eigenvalue weighted by molar-refractivity contribution is 5.95. The summed E-state index contributed by atoms with van der Waals surface area (Å²) in [6.07, 6.45) is 1.69. The van der Waals surface area contributed by atoms with Crippen molar-refractivity contribution in [3.8, 4) is 5.75 Å². The Morgan fingerprint density at radius 3 is 2.67 bits per heavy atom. The molecule has 1 unspecified atom stereocenters. The van der Waals surface area contributed by atoms with Crippen molar-refractivity contribution in [3.05, 3.63) is 81.7 Å². The van der Waals surface area contributed by atoms with Gasteiger partial charge in [-0.3, -0.25) is 14.6 Å². The normalized spacial score (nSPS) is 13.7. The Bertz CT molecular complexity index is 1580. The molecule has 1 aliphatic heterocycles. The van der Waals surface area contributed by atoms with Crippen LogP contribution in [0, 0.1) is 6.92 Å². The molecule has 2 aromatic heterocycles. The number of hydrogen-bond donors (Lipinski definition) is 0. The van der Waals surface area contributed by atoms with Crippen LogP contribution in [-0.4, -0.2) is 57.0 Å². The number of methoxy groups -OCH3 is 1. The van der Waals surface area contributed by atoms with Gasteiger partial charge >= 0.3 is 5.97 Å². The number of esters is 1. The summed E-state index contributed by atoms with van der Waals surface area (Å²) in [5.41, 5.74) is 8.06. The van der Waals surface area contributed by atoms with E-state index in [0.29, 0.717) is 42.9 Å². The summed E-state index contributed by atoms with van der Waals surface area (Å²) in [5.74, 6) is 0.0946. The smallest absolute Gasteiger partial charge is 0.306 e. The SMILES string of the molecule is CCOC(=O)CC(c1cc(OC)c2c(c1)nnn2C)c1cccc2c1CCN(C(=O)c1ccc(CC)nc1C)C2. The zero-order chi connectivity index (χ0) is 28.4. The zero-order valence-electron chi connectivity index (χ0n) is 23.7. The van der Waals surface area contributed by atoms with Gasteiger partial charge in [-0.25, -0.2) is 4.68 Å². The number of aryl methyl sites for hydroxylation is 3. The summed E-state index contributed by atoms with van der Waals surface area (Å²) in [7, 11) is 3.44. The minimum Gasteiger partial charge on any atom is -0.494 e. The Morgan fingerprint density at radius 1 is 1.12 bits per heavy atom. The molecular weight excluding hydrogens is 506 g/mol. The van der Waals surface area contributed by atoms with Gasteiger partial charge in [-0.2, -0.15) is 0 Å². The van der Waals surface area contributed by atoms with Crippen molar-refractivity contribution >= 4 is 22.9 Å². The van der Waals surface area contributed by atoms with Gasteiger partial charge in [-0.05, 0) is 73.2 Å². The van der Waals surface area contributed by atoms with Crippen LogP contribution < -0.4 is 4.74 Å². The first kappa shape index (κ1) is 27.3. The highest BCUT2D eigenvalue weighted by Crippen LogP contribution is 2.38. The number of fused-ring (bicyclic) bond motifs is 2. The van der Waals surface area contributed by atoms with Gasteiger partial charge in [-0.1, -0.05) is 30.3 Å². The molecule has 1 amide bonds. The third-order valence-electron chi connectivity index (χ3n) is 7.69. The van der Waals surface area contributed by atoms with Crippen LogP contribution in [0.4, 0.5) is 0 Å². The first-order valence-electron chi connectivity index (χ1n) is 13.7. The summed E-state index contributed by atoms with van der Waals surface area (Å²) in [4.78, 5) is 32.8. The average molecular weight is 542 g/mol. The highest BCUT2D eigenvalue weighted by atomic mass is 16.5. The zero-order valence-corrected chi connectivity index (χ0v) is 23.7. The Balaban J connectivity index is 1.52. The van der Waals surface area contributed by atoms with E-state index in [1.807, 2.05) is 56.1 Å². The topological polar surface area (TPSA) is 99.4 Å². The third-order valence-corrected chi connectivity index (χ3v) is 7.69. The van der Waals surface area contributed by atoms with Crippen LogP contribution in [-0.2, 0) is 36.0 Å². The number of nitrogens with zero attached hydrogens (tertiary/aromatic N) is 5. The van der Waals surface area contributed by atoms with Crippen molar-refractivity contribution in [2.75, 3.05) is 20.3 Å². The van der Waals surface area contributed by atoms with Crippen molar-refractivity contribution in [1.29, 1.82) is 0 Å². The van der Waals surface area contributed by atoms with Crippen LogP contribution >= 0.6 is 0 Å². The fraction of sp³-hybridized carbons (Fsp3) is 0.387. The number of amides is 1. The minimum atomic E-state index is -0.274. The van der Waals surface area contributed by atoms with Crippen molar-refractivity contribution in [2.24, 2.45) is 7.05 Å². The second-order valence-electron chi connectivity index (χ2n) is 10.1. The van der Waals surface area contributed by atoms with E-state index in [-0.39, 0.29) is 24.2 Å². The lowest BCUT2D eigenvalue weighted by Crippen LogP contribution is -2.37. The number of pyridine rings is 1. The van der Waals surface area contributed by atoms with Gasteiger partial charge in [0.05, 0.1) is 31.4 Å². The number of benzene rings is 2. The molecule has 0 radical (unpaired) electrons. The standard InChI is InChI=1S/C31H35N5O4/c1-6-22-11-12-23(19(3)32-22)31(38)36-14-13-24-20(18-36)9-8-10-25(24)26(17-29(37)40-7-2)21-15-27-30(28(16-21)39-5)35(4)34-33-27/h8-12,15-16,26H,6-7,13-14,17-18H2,1-5H3. The third kappa shape index (κ3) is 5.15. The van der Waals surface area contributed by atoms with Crippen LogP contribution in [0.15, 0.2) is 42.5 Å². The van der Waals surface area contributed by atoms with E-state index in [1.165, 1.54) is 0 Å². The van der Waals surface area contributed by atoms with Gasteiger partial charge in [0.25, 0.3) is 5.91 Å². The van der Waals surface area contributed by atoms with Gasteiger partial charge in [-0.15, -0.1) is 5.10 Å². The summed E-state index contributed by atoms with van der Waals surface area (Å²) >= 11 is 0. The van der Waals surface area contributed by atoms with Crippen LogP contribution in [0.1, 0.15) is 70.2 Å². The predicted octanol–water partition coefficient (Wildman–Crippen LogP) is 4.53. The van der Waals surface area contributed by atoms with Crippen LogP contribution in [0.5, 0.6) is 5.75 Å². The number of carbonyl (C=O) groups excluding carboxylic acids is 2. The molecule has 0 N–H and O–H groups in total. The van der Waals surface area contributed by atoms with Crippen molar-refractivity contribution < 1.29 is 19.1 Å². The van der Waals surface area contributed by atoms with Gasteiger partial charge in [0.2, 0.25) is 0 Å². The molecule has 9 heteroatoms. The number of aromatic nitrogens is 4. The largest absolute Gasteiger partial charge is 0.494 e. The summed E-state index contributed by atoms with van der Waals surface area (Å²) in [6, 6.07) is 13.9. The van der Waals surface area contributed by atoms with E-state index >= 15 is 0 Å². The second kappa shape index (κ2) is 11.5. The van der Waals surface area contributed by atoms with Gasteiger partial charge < -0.3 is 14.4 Å². The highest BCUT2D eigenvalue weighted by Gasteiger charge is 2.29. The maximum absolute atomic E-state index is 13.5. The summed E-state index contributed by atoms with van der Waals surface area (Å²) in [6.45, 7) is 7.15. The maximum Gasteiger partial charge on any atom is 0.306 e. The minimum absolute atomic E-state index is 0.00961. The first-order chi connectivity index (χ1) is 19.3. The second-order valence-corrected chi connectivity index (χ2v) is 10.1. The summed E-state index contributed by atoms with van der Waals surface area (Å²) in [5, 5.41) is 8.47.